The Kier molecular flexibility index (Phi) is 16.4. The zero-order valence-corrected chi connectivity index (χ0v) is 43.2. The lowest BCUT2D eigenvalue weighted by Gasteiger charge is -2.36. The topological polar surface area (TPSA) is 311 Å². The lowest BCUT2D eigenvalue weighted by molar-refractivity contribution is -0.172. The third-order valence-corrected chi connectivity index (χ3v) is 14.0. The monoisotopic (exact) mass is 1140 g/mol. The molecule has 0 radical (unpaired) electrons. The second-order valence-corrected chi connectivity index (χ2v) is 19.3. The Bertz CT molecular complexity index is 3460. The maximum absolute atomic E-state index is 14.6. The fraction of sp³-hybridized carbons (Fsp3) is 0.276. The Labute approximate surface area is 462 Å². The molecule has 6 aromatic rings. The summed E-state index contributed by atoms with van der Waals surface area (Å²) >= 11 is 0. The average Bonchev–Trinajstić information content (AvgIpc) is 1.57. The predicted octanol–water partition coefficient (Wildman–Crippen LogP) is 7.89. The summed E-state index contributed by atoms with van der Waals surface area (Å²) in [6.07, 6.45) is 7.15. The van der Waals surface area contributed by atoms with E-state index < -0.39 is 93.1 Å². The number of benzene rings is 6. The molecule has 0 atom stereocenters. The highest BCUT2D eigenvalue weighted by Gasteiger charge is 2.56. The number of phenolic OH excluding ortho intramolecular Hbond substituents is 4. The van der Waals surface area contributed by atoms with Crippen LogP contribution in [0.25, 0.3) is 0 Å². The Morgan fingerprint density at radius 2 is 0.902 bits per heavy atom. The van der Waals surface area contributed by atoms with Gasteiger partial charge in [-0.25, -0.2) is 31.9 Å². The minimum absolute atomic E-state index is 0.0195. The zero-order valence-electron chi connectivity index (χ0n) is 43.2. The molecule has 82 heavy (non-hydrogen) atoms. The summed E-state index contributed by atoms with van der Waals surface area (Å²) in [5.41, 5.74) is 1.10. The Balaban J connectivity index is 0.000000175. The number of unbranched alkanes of at least 4 members (excludes halogenated alkanes) is 6. The number of fused-ring (bicyclic) bond motifs is 12. The number of nitrogens with zero attached hydrogens (tertiary/aromatic N) is 1. The first kappa shape index (κ1) is 57.4. The molecule has 11 rings (SSSR count). The Morgan fingerprint density at radius 3 is 1.30 bits per heavy atom. The molecule has 1 fully saturated rings. The summed E-state index contributed by atoms with van der Waals surface area (Å²) in [6.45, 7) is 1.63. The number of hydrogen-bond acceptors (Lipinski definition) is 18. The normalized spacial score (nSPS) is 15.0. The number of aliphatic hydroxyl groups is 2. The van der Waals surface area contributed by atoms with Gasteiger partial charge < -0.3 is 65.5 Å². The van der Waals surface area contributed by atoms with Crippen molar-refractivity contribution in [3.63, 3.8) is 0 Å². The van der Waals surface area contributed by atoms with Crippen LogP contribution in [0.4, 0.5) is 17.6 Å². The van der Waals surface area contributed by atoms with Gasteiger partial charge in [0.05, 0.1) is 38.9 Å². The summed E-state index contributed by atoms with van der Waals surface area (Å²) in [6, 6.07) is 15.2. The van der Waals surface area contributed by atoms with Gasteiger partial charge in [-0.2, -0.15) is 0 Å². The van der Waals surface area contributed by atoms with E-state index in [2.05, 4.69) is 5.32 Å². The zero-order chi connectivity index (χ0) is 58.8. The highest BCUT2D eigenvalue weighted by molar-refractivity contribution is 6.04. The van der Waals surface area contributed by atoms with Crippen LogP contribution in [0.1, 0.15) is 139 Å². The maximum Gasteiger partial charge on any atom is 0.363 e. The molecule has 2 spiro atoms. The quantitative estimate of drug-likeness (QED) is 0.0222. The van der Waals surface area contributed by atoms with E-state index in [1.165, 1.54) is 36.4 Å². The molecule has 0 aliphatic carbocycles. The van der Waals surface area contributed by atoms with Crippen LogP contribution >= 0.6 is 0 Å². The fourth-order valence-electron chi connectivity index (χ4n) is 10.0. The molecule has 0 unspecified atom stereocenters. The predicted molar refractivity (Wildman–Crippen MR) is 275 cm³/mol. The highest BCUT2D eigenvalue weighted by Crippen LogP contribution is 2.59. The molecule has 0 aromatic heterocycles. The minimum atomic E-state index is -2.06. The van der Waals surface area contributed by atoms with Gasteiger partial charge in [0.25, 0.3) is 17.7 Å². The van der Waals surface area contributed by atoms with Crippen molar-refractivity contribution in [2.75, 3.05) is 26.3 Å². The molecule has 9 N–H and O–H groups in total. The van der Waals surface area contributed by atoms with Gasteiger partial charge in [-0.1, -0.05) is 25.7 Å². The number of nitrogens with two attached hydrogens (primary N) is 1. The molecule has 0 bridgehead atoms. The van der Waals surface area contributed by atoms with Crippen molar-refractivity contribution in [1.29, 1.82) is 0 Å². The smallest absolute Gasteiger partial charge is 0.363 e. The molecule has 5 heterocycles. The molecule has 20 nitrogen and oxygen atoms in total. The molecule has 5 aliphatic heterocycles. The number of hydroxylamine groups is 2. The summed E-state index contributed by atoms with van der Waals surface area (Å²) in [5, 5.41) is 60.0. The molecule has 6 aromatic carbocycles. The van der Waals surface area contributed by atoms with E-state index in [-0.39, 0.29) is 98.1 Å². The number of aliphatic hydroxyl groups excluding tert-OH is 2. The third kappa shape index (κ3) is 10.5. The van der Waals surface area contributed by atoms with E-state index in [4.69, 9.17) is 39.7 Å². The van der Waals surface area contributed by atoms with Gasteiger partial charge >= 0.3 is 17.9 Å². The Hall–Kier alpha value is -9.26. The van der Waals surface area contributed by atoms with Crippen molar-refractivity contribution in [2.24, 2.45) is 5.73 Å². The third-order valence-electron chi connectivity index (χ3n) is 14.0. The van der Waals surface area contributed by atoms with Crippen molar-refractivity contribution in [3.05, 3.63) is 164 Å². The SMILES string of the molecule is NCCCCCCO.O=C(NCCCCCCO)c1ccc2c(c1)C1(OC2=O)c2cc(F)c(O)cc2Oc2cc(O)c(F)cc21.O=C(ON1C(=O)CCC1=O)c1ccc2c(c1)C1(OC2=O)c2cc(F)c(O)cc2Oc2cc(O)c(F)cc21. The van der Waals surface area contributed by atoms with E-state index in [0.29, 0.717) is 31.1 Å². The van der Waals surface area contributed by atoms with Gasteiger partial charge in [0.1, 0.15) is 23.0 Å². The Morgan fingerprint density at radius 1 is 0.524 bits per heavy atom. The summed E-state index contributed by atoms with van der Waals surface area (Å²) < 4.78 is 81.1. The van der Waals surface area contributed by atoms with Crippen LogP contribution in [0.5, 0.6) is 46.0 Å². The summed E-state index contributed by atoms with van der Waals surface area (Å²) in [4.78, 5) is 80.3. The van der Waals surface area contributed by atoms with Gasteiger partial charge in [-0.15, -0.1) is 5.06 Å². The number of esters is 2. The van der Waals surface area contributed by atoms with Crippen molar-refractivity contribution >= 4 is 35.6 Å². The average molecular weight is 1140 g/mol. The van der Waals surface area contributed by atoms with Gasteiger partial charge in [-0.05, 0) is 92.9 Å². The second kappa shape index (κ2) is 23.4. The number of amides is 3. The number of hydrogen-bond donors (Lipinski definition) is 8. The van der Waals surface area contributed by atoms with Crippen LogP contribution in [0, 0.1) is 23.3 Å². The number of carbonyl (C=O) groups is 6. The number of imide groups is 1. The molecule has 0 saturated carbocycles. The molecule has 3 amide bonds. The molecule has 428 valence electrons. The number of rotatable bonds is 14. The number of ether oxygens (including phenoxy) is 4. The lowest BCUT2D eigenvalue weighted by Crippen LogP contribution is -2.34. The number of carbonyl (C=O) groups excluding carboxylic acids is 6. The van der Waals surface area contributed by atoms with Gasteiger partial charge in [0.15, 0.2) is 57.5 Å². The number of nitrogens with one attached hydrogen (secondary N) is 1. The van der Waals surface area contributed by atoms with Crippen LogP contribution in [-0.4, -0.2) is 97.6 Å². The van der Waals surface area contributed by atoms with Crippen LogP contribution in [0.2, 0.25) is 0 Å². The molecule has 5 aliphatic rings. The van der Waals surface area contributed by atoms with Crippen molar-refractivity contribution in [3.8, 4) is 46.0 Å². The van der Waals surface area contributed by atoms with Gasteiger partial charge in [0, 0.05) is 73.6 Å². The van der Waals surface area contributed by atoms with Crippen LogP contribution in [0.15, 0.2) is 84.9 Å². The van der Waals surface area contributed by atoms with E-state index in [0.717, 1.165) is 93.6 Å². The number of halogens is 4. The lowest BCUT2D eigenvalue weighted by atomic mass is 9.77. The number of aromatic hydroxyl groups is 4. The van der Waals surface area contributed by atoms with Crippen LogP contribution in [0.3, 0.4) is 0 Å². The first-order valence-electron chi connectivity index (χ1n) is 25.8. The summed E-state index contributed by atoms with van der Waals surface area (Å²) in [5.74, 6) is -12.4. The molecular formula is C58H51F4N3O17. The van der Waals surface area contributed by atoms with Crippen molar-refractivity contribution < 1.29 is 101 Å². The molecular weight excluding hydrogens is 1090 g/mol. The largest absolute Gasteiger partial charge is 0.505 e. The van der Waals surface area contributed by atoms with Crippen LogP contribution in [-0.2, 0) is 35.1 Å². The fourth-order valence-corrected chi connectivity index (χ4v) is 10.0. The highest BCUT2D eigenvalue weighted by atomic mass is 19.1. The van der Waals surface area contributed by atoms with Crippen LogP contribution < -0.4 is 20.5 Å². The summed E-state index contributed by atoms with van der Waals surface area (Å²) in [7, 11) is 0. The second-order valence-electron chi connectivity index (χ2n) is 19.3. The van der Waals surface area contributed by atoms with E-state index in [1.54, 1.807) is 0 Å². The standard InChI is InChI=1S/C27H23F2NO7.C25H13F2NO9.C6H15NO/c28-19-10-17-23(12-21(19)32)36-24-13-22(33)20(29)11-18(24)27(17)16-9-14(5-6-15(16)26(35)37-27)25(34)30-7-3-1-2-4-8-31;26-15-6-13-19(8-17(15)29)35-20-9-18(30)16(27)7-14(20)25(13)12-5-10(1-2-11(12)24(34)36-25)23(33)37-28-21(31)3-4-22(28)32;7-5-3-1-2-4-6-8/h5-6,9-13,31-33H,1-4,7-8H2,(H,30,34);1-2,5-9,29-30H,3-4H2;8H,1-7H2. The maximum atomic E-state index is 14.6. The van der Waals surface area contributed by atoms with E-state index in [1.807, 2.05) is 0 Å². The minimum Gasteiger partial charge on any atom is -0.505 e. The van der Waals surface area contributed by atoms with Crippen molar-refractivity contribution in [1.82, 2.24) is 10.4 Å². The number of phenols is 4. The van der Waals surface area contributed by atoms with Crippen molar-refractivity contribution in [2.45, 2.75) is 75.4 Å². The van der Waals surface area contributed by atoms with E-state index >= 15 is 0 Å². The first-order chi connectivity index (χ1) is 39.3. The molecule has 24 heteroatoms. The molecule has 1 saturated heterocycles. The van der Waals surface area contributed by atoms with E-state index in [9.17, 15) is 66.8 Å². The first-order valence-corrected chi connectivity index (χ1v) is 25.8. The van der Waals surface area contributed by atoms with Gasteiger partial charge in [0.2, 0.25) is 0 Å². The van der Waals surface area contributed by atoms with Gasteiger partial charge in [-0.3, -0.25) is 14.4 Å².